The van der Waals surface area contributed by atoms with Crippen molar-refractivity contribution >= 4 is 39.7 Å². The van der Waals surface area contributed by atoms with E-state index in [0.717, 1.165) is 5.56 Å². The Morgan fingerprint density at radius 3 is 2.63 bits per heavy atom. The number of nitro groups is 1. The van der Waals surface area contributed by atoms with Crippen molar-refractivity contribution < 1.29 is 9.31 Å². The molecule has 2 rings (SSSR count). The van der Waals surface area contributed by atoms with Crippen LogP contribution in [-0.4, -0.2) is 4.92 Å². The molecule has 0 bridgehead atoms. The Labute approximate surface area is 122 Å². The monoisotopic (exact) mass is 372 g/mol. The zero-order valence-electron chi connectivity index (χ0n) is 9.98. The van der Waals surface area contributed by atoms with Gasteiger partial charge >= 0.3 is 0 Å². The summed E-state index contributed by atoms with van der Waals surface area (Å²) >= 11 is 1.90. The smallest absolute Gasteiger partial charge is 0.282 e. The topological polar surface area (TPSA) is 55.2 Å². The molecular weight excluding hydrogens is 362 g/mol. The van der Waals surface area contributed by atoms with E-state index in [1.54, 1.807) is 18.2 Å². The van der Waals surface area contributed by atoms with Crippen LogP contribution in [0.4, 0.5) is 21.5 Å². The van der Waals surface area contributed by atoms with Crippen LogP contribution in [-0.2, 0) is 0 Å². The van der Waals surface area contributed by atoms with Gasteiger partial charge in [-0.2, -0.15) is 0 Å². The average Bonchev–Trinajstić information content (AvgIpc) is 2.33. The van der Waals surface area contributed by atoms with Gasteiger partial charge in [0.1, 0.15) is 5.82 Å². The molecule has 2 aromatic carbocycles. The number of halogens is 2. The molecule has 0 fully saturated rings. The Morgan fingerprint density at radius 2 is 2.00 bits per heavy atom. The number of nitrogens with zero attached hydrogens (tertiary/aromatic N) is 1. The van der Waals surface area contributed by atoms with Crippen molar-refractivity contribution in [1.29, 1.82) is 0 Å². The fraction of sp³-hybridized carbons (Fsp3) is 0.0769. The Kier molecular flexibility index (Phi) is 3.98. The molecule has 0 aliphatic rings. The van der Waals surface area contributed by atoms with E-state index in [-0.39, 0.29) is 11.5 Å². The summed E-state index contributed by atoms with van der Waals surface area (Å²) in [6.45, 7) is 1.86. The number of aryl methyl sites for hydroxylation is 1. The summed E-state index contributed by atoms with van der Waals surface area (Å²) in [5, 5.41) is 13.8. The van der Waals surface area contributed by atoms with Gasteiger partial charge < -0.3 is 5.32 Å². The normalized spacial score (nSPS) is 10.3. The van der Waals surface area contributed by atoms with Crippen LogP contribution < -0.4 is 5.32 Å². The van der Waals surface area contributed by atoms with Crippen LogP contribution in [0.15, 0.2) is 36.4 Å². The lowest BCUT2D eigenvalue weighted by atomic mass is 10.2. The summed E-state index contributed by atoms with van der Waals surface area (Å²) in [4.78, 5) is 10.3. The molecule has 0 radical (unpaired) electrons. The number of nitrogens with one attached hydrogen (secondary N) is 1. The zero-order chi connectivity index (χ0) is 14.0. The second-order valence-corrected chi connectivity index (χ2v) is 5.17. The highest BCUT2D eigenvalue weighted by Gasteiger charge is 2.12. The molecule has 0 aromatic heterocycles. The summed E-state index contributed by atoms with van der Waals surface area (Å²) in [5.41, 5.74) is 2.28. The number of hydrogen-bond acceptors (Lipinski definition) is 3. The molecule has 0 unspecified atom stereocenters. The maximum atomic E-state index is 13.2. The Bertz CT molecular complexity index is 647. The quantitative estimate of drug-likeness (QED) is 0.494. The molecule has 4 nitrogen and oxygen atoms in total. The van der Waals surface area contributed by atoms with Gasteiger partial charge in [0.2, 0.25) is 0 Å². The van der Waals surface area contributed by atoms with Crippen molar-refractivity contribution in [1.82, 2.24) is 0 Å². The van der Waals surface area contributed by atoms with Crippen LogP contribution in [0.3, 0.4) is 0 Å². The van der Waals surface area contributed by atoms with Crippen LogP contribution in [0, 0.1) is 26.4 Å². The minimum Gasteiger partial charge on any atom is -0.355 e. The highest BCUT2D eigenvalue weighted by Crippen LogP contribution is 2.27. The van der Waals surface area contributed by atoms with Crippen LogP contribution in [0.25, 0.3) is 0 Å². The number of anilines is 2. The van der Waals surface area contributed by atoms with Crippen molar-refractivity contribution in [3.8, 4) is 0 Å². The van der Waals surface area contributed by atoms with Crippen molar-refractivity contribution in [3.05, 3.63) is 61.5 Å². The van der Waals surface area contributed by atoms with Crippen molar-refractivity contribution in [3.63, 3.8) is 0 Å². The van der Waals surface area contributed by atoms with Gasteiger partial charge in [0.15, 0.2) is 0 Å². The van der Waals surface area contributed by atoms with Crippen LogP contribution in [0.2, 0.25) is 0 Å². The maximum Gasteiger partial charge on any atom is 0.282 e. The summed E-state index contributed by atoms with van der Waals surface area (Å²) in [7, 11) is 0. The van der Waals surface area contributed by atoms with Gasteiger partial charge in [0.05, 0.1) is 8.49 Å². The molecule has 0 saturated heterocycles. The summed E-state index contributed by atoms with van der Waals surface area (Å²) in [6, 6.07) is 9.14. The molecule has 0 saturated carbocycles. The molecule has 6 heteroatoms. The number of hydrogen-bond donors (Lipinski definition) is 1. The van der Waals surface area contributed by atoms with E-state index in [4.69, 9.17) is 0 Å². The molecule has 0 aliphatic heterocycles. The Hall–Kier alpha value is -1.70. The fourth-order valence-electron chi connectivity index (χ4n) is 1.62. The largest absolute Gasteiger partial charge is 0.355 e. The highest BCUT2D eigenvalue weighted by molar-refractivity contribution is 14.1. The van der Waals surface area contributed by atoms with Crippen LogP contribution >= 0.6 is 22.6 Å². The molecule has 0 aliphatic carbocycles. The van der Waals surface area contributed by atoms with Gasteiger partial charge in [-0.15, -0.1) is 0 Å². The molecule has 0 amide bonds. The number of benzene rings is 2. The first-order valence-corrected chi connectivity index (χ1v) is 6.52. The van der Waals surface area contributed by atoms with E-state index in [1.807, 2.05) is 29.5 Å². The van der Waals surface area contributed by atoms with Gasteiger partial charge in [-0.1, -0.05) is 6.07 Å². The van der Waals surface area contributed by atoms with E-state index in [2.05, 4.69) is 5.32 Å². The minimum atomic E-state index is -0.432. The fourth-order valence-corrected chi connectivity index (χ4v) is 2.33. The number of rotatable bonds is 3. The first-order chi connectivity index (χ1) is 8.97. The van der Waals surface area contributed by atoms with Crippen LogP contribution in [0.1, 0.15) is 5.56 Å². The molecule has 98 valence electrons. The van der Waals surface area contributed by atoms with E-state index >= 15 is 0 Å². The van der Waals surface area contributed by atoms with E-state index in [1.165, 1.54) is 18.2 Å². The Morgan fingerprint density at radius 1 is 1.26 bits per heavy atom. The lowest BCUT2D eigenvalue weighted by molar-refractivity contribution is -0.385. The first-order valence-electron chi connectivity index (χ1n) is 5.44. The van der Waals surface area contributed by atoms with Gasteiger partial charge in [-0.25, -0.2) is 4.39 Å². The third-order valence-electron chi connectivity index (χ3n) is 2.62. The molecular formula is C13H10FIN2O2. The summed E-state index contributed by atoms with van der Waals surface area (Å²) in [5.74, 6) is -0.329. The molecule has 0 atom stereocenters. The van der Waals surface area contributed by atoms with Gasteiger partial charge in [-0.05, 0) is 59.3 Å². The second-order valence-electron chi connectivity index (χ2n) is 4.01. The summed E-state index contributed by atoms with van der Waals surface area (Å²) in [6.07, 6.45) is 0. The predicted molar refractivity (Wildman–Crippen MR) is 80.2 cm³/mol. The van der Waals surface area contributed by atoms with Crippen molar-refractivity contribution in [2.75, 3.05) is 5.32 Å². The minimum absolute atomic E-state index is 0.0575. The average molecular weight is 372 g/mol. The van der Waals surface area contributed by atoms with Gasteiger partial charge in [0.25, 0.3) is 5.69 Å². The SMILES string of the molecule is Cc1ccc(F)cc1Nc1ccc([N+](=O)[O-])c(I)c1. The molecule has 2 aromatic rings. The van der Waals surface area contributed by atoms with Crippen LogP contribution in [0.5, 0.6) is 0 Å². The standard InChI is InChI=1S/C13H10FIN2O2/c1-8-2-3-9(14)6-12(8)16-10-4-5-13(17(18)19)11(15)7-10/h2-7,16H,1H3. The van der Waals surface area contributed by atoms with E-state index < -0.39 is 4.92 Å². The molecule has 1 N–H and O–H groups in total. The zero-order valence-corrected chi connectivity index (χ0v) is 12.1. The van der Waals surface area contributed by atoms with E-state index in [9.17, 15) is 14.5 Å². The first kappa shape index (κ1) is 13.7. The lowest BCUT2D eigenvalue weighted by Crippen LogP contribution is -1.96. The predicted octanol–water partition coefficient (Wildman–Crippen LogP) is 4.39. The third kappa shape index (κ3) is 3.19. The second kappa shape index (κ2) is 5.52. The van der Waals surface area contributed by atoms with E-state index in [0.29, 0.717) is 14.9 Å². The Balaban J connectivity index is 2.31. The number of nitro benzene ring substituents is 1. The highest BCUT2D eigenvalue weighted by atomic mass is 127. The maximum absolute atomic E-state index is 13.2. The van der Waals surface area contributed by atoms with Crippen molar-refractivity contribution in [2.24, 2.45) is 0 Å². The molecule has 19 heavy (non-hydrogen) atoms. The third-order valence-corrected chi connectivity index (χ3v) is 3.49. The van der Waals surface area contributed by atoms with Crippen molar-refractivity contribution in [2.45, 2.75) is 6.92 Å². The summed E-state index contributed by atoms with van der Waals surface area (Å²) < 4.78 is 13.7. The lowest BCUT2D eigenvalue weighted by Gasteiger charge is -2.10. The molecule has 0 spiro atoms. The molecule has 0 heterocycles. The van der Waals surface area contributed by atoms with Gasteiger partial charge in [0, 0.05) is 17.4 Å². The van der Waals surface area contributed by atoms with Gasteiger partial charge in [-0.3, -0.25) is 10.1 Å².